The Morgan fingerprint density at radius 3 is 1.88 bits per heavy atom. The van der Waals surface area contributed by atoms with Crippen molar-refractivity contribution in [3.8, 4) is 22.3 Å². The van der Waals surface area contributed by atoms with Crippen LogP contribution in [0.4, 0.5) is 0 Å². The van der Waals surface area contributed by atoms with E-state index in [0.717, 1.165) is 24.2 Å². The number of hydrogen-bond donors (Lipinski definition) is 0. The first-order valence-electron chi connectivity index (χ1n) is 11.4. The standard InChI is InChI=1S/C31H20O/c1-5-13-25-19(9-1)20-10-2-6-14-26(20)31(25)27-15-7-3-11-21(27)23-17-18-24-22-12-4-8-16-28(22)32-30(24)29(23)31/h1-3,5-11,13-18H,4,12H2. The van der Waals surface area contributed by atoms with Crippen LogP contribution in [0, 0.1) is 0 Å². The molecule has 1 nitrogen and oxygen atoms in total. The highest BCUT2D eigenvalue weighted by Crippen LogP contribution is 2.64. The van der Waals surface area contributed by atoms with Crippen LogP contribution >= 0.6 is 0 Å². The summed E-state index contributed by atoms with van der Waals surface area (Å²) in [6.07, 6.45) is 6.52. The van der Waals surface area contributed by atoms with Crippen molar-refractivity contribution in [2.45, 2.75) is 18.3 Å². The fourth-order valence-electron chi connectivity index (χ4n) is 6.61. The van der Waals surface area contributed by atoms with Crippen molar-refractivity contribution in [3.63, 3.8) is 0 Å². The van der Waals surface area contributed by atoms with E-state index in [-0.39, 0.29) is 5.41 Å². The monoisotopic (exact) mass is 408 g/mol. The Morgan fingerprint density at radius 2 is 1.22 bits per heavy atom. The summed E-state index contributed by atoms with van der Waals surface area (Å²) in [5.41, 5.74) is 12.8. The van der Waals surface area contributed by atoms with E-state index in [4.69, 9.17) is 4.42 Å². The highest BCUT2D eigenvalue weighted by atomic mass is 16.3. The maximum Gasteiger partial charge on any atom is 0.140 e. The highest BCUT2D eigenvalue weighted by molar-refractivity contribution is 6.03. The predicted molar refractivity (Wildman–Crippen MR) is 130 cm³/mol. The van der Waals surface area contributed by atoms with Crippen LogP contribution in [-0.4, -0.2) is 0 Å². The van der Waals surface area contributed by atoms with E-state index in [2.05, 4.69) is 97.1 Å². The summed E-state index contributed by atoms with van der Waals surface area (Å²) < 4.78 is 6.69. The first kappa shape index (κ1) is 16.8. The summed E-state index contributed by atoms with van der Waals surface area (Å²) in [5.74, 6) is 1.03. The van der Waals surface area contributed by atoms with Gasteiger partial charge in [-0.15, -0.1) is 0 Å². The molecule has 1 heteroatoms. The molecule has 4 aromatic carbocycles. The molecule has 0 N–H and O–H groups in total. The molecule has 0 radical (unpaired) electrons. The molecule has 1 aromatic heterocycles. The van der Waals surface area contributed by atoms with Gasteiger partial charge in [0.05, 0.1) is 5.41 Å². The van der Waals surface area contributed by atoms with Gasteiger partial charge in [0.15, 0.2) is 0 Å². The molecule has 150 valence electrons. The second-order valence-corrected chi connectivity index (χ2v) is 9.14. The van der Waals surface area contributed by atoms with Gasteiger partial charge < -0.3 is 4.42 Å². The first-order valence-corrected chi connectivity index (χ1v) is 11.4. The number of benzene rings is 4. The highest BCUT2D eigenvalue weighted by Gasteiger charge is 2.53. The van der Waals surface area contributed by atoms with Gasteiger partial charge in [0, 0.05) is 16.5 Å². The van der Waals surface area contributed by atoms with Gasteiger partial charge in [0.25, 0.3) is 0 Å². The Labute approximate surface area is 186 Å². The average molecular weight is 409 g/mol. The number of allylic oxidation sites excluding steroid dienone is 1. The molecule has 5 aromatic rings. The van der Waals surface area contributed by atoms with Crippen molar-refractivity contribution in [1.29, 1.82) is 0 Å². The zero-order valence-electron chi connectivity index (χ0n) is 17.6. The lowest BCUT2D eigenvalue weighted by molar-refractivity contribution is 0.586. The summed E-state index contributed by atoms with van der Waals surface area (Å²) in [4.78, 5) is 0. The summed E-state index contributed by atoms with van der Waals surface area (Å²) in [5, 5.41) is 1.28. The quantitative estimate of drug-likeness (QED) is 0.250. The van der Waals surface area contributed by atoms with Gasteiger partial charge in [0.2, 0.25) is 0 Å². The third kappa shape index (κ3) is 1.75. The second-order valence-electron chi connectivity index (χ2n) is 9.14. The van der Waals surface area contributed by atoms with Crippen LogP contribution in [0.25, 0.3) is 39.3 Å². The largest absolute Gasteiger partial charge is 0.456 e. The van der Waals surface area contributed by atoms with Crippen molar-refractivity contribution in [2.24, 2.45) is 0 Å². The Bertz CT molecular complexity index is 1560. The number of furan rings is 1. The van der Waals surface area contributed by atoms with E-state index in [1.165, 1.54) is 55.5 Å². The molecule has 0 bridgehead atoms. The number of hydrogen-bond acceptors (Lipinski definition) is 1. The molecule has 8 rings (SSSR count). The SMILES string of the molecule is C1=Cc2oc3c4c(ccc3c2CC1)-c1ccccc1C41c2ccccc2-c2ccccc21. The van der Waals surface area contributed by atoms with Gasteiger partial charge in [0.1, 0.15) is 11.3 Å². The molecule has 0 unspecified atom stereocenters. The summed E-state index contributed by atoms with van der Waals surface area (Å²) >= 11 is 0. The number of rotatable bonds is 0. The number of fused-ring (bicyclic) bond motifs is 14. The van der Waals surface area contributed by atoms with E-state index in [0.29, 0.717) is 0 Å². The van der Waals surface area contributed by atoms with Crippen molar-refractivity contribution in [3.05, 3.63) is 125 Å². The first-order chi connectivity index (χ1) is 15.9. The average Bonchev–Trinajstić information content (AvgIpc) is 3.48. The second kappa shape index (κ2) is 5.69. The summed E-state index contributed by atoms with van der Waals surface area (Å²) in [6, 6.07) is 31.5. The topological polar surface area (TPSA) is 13.1 Å². The van der Waals surface area contributed by atoms with E-state index >= 15 is 0 Å². The maximum atomic E-state index is 6.69. The number of aryl methyl sites for hydroxylation is 1. The summed E-state index contributed by atoms with van der Waals surface area (Å²) in [7, 11) is 0. The van der Waals surface area contributed by atoms with Crippen LogP contribution in [0.3, 0.4) is 0 Å². The van der Waals surface area contributed by atoms with Gasteiger partial charge >= 0.3 is 0 Å². The van der Waals surface area contributed by atoms with Crippen molar-refractivity contribution in [1.82, 2.24) is 0 Å². The lowest BCUT2D eigenvalue weighted by Gasteiger charge is -2.30. The van der Waals surface area contributed by atoms with Gasteiger partial charge in [-0.05, 0) is 57.9 Å². The molecule has 32 heavy (non-hydrogen) atoms. The van der Waals surface area contributed by atoms with E-state index in [9.17, 15) is 0 Å². The molecular formula is C31H20O. The smallest absolute Gasteiger partial charge is 0.140 e. The zero-order chi connectivity index (χ0) is 20.9. The normalized spacial score (nSPS) is 16.0. The Balaban J connectivity index is 1.63. The fraction of sp³-hybridized carbons (Fsp3) is 0.0968. The molecule has 0 saturated heterocycles. The molecule has 0 fully saturated rings. The van der Waals surface area contributed by atoms with Crippen molar-refractivity contribution < 1.29 is 4.42 Å². The summed E-state index contributed by atoms with van der Waals surface area (Å²) in [6.45, 7) is 0. The third-order valence-electron chi connectivity index (χ3n) is 7.77. The Morgan fingerprint density at radius 1 is 0.625 bits per heavy atom. The molecule has 0 aliphatic heterocycles. The molecule has 1 spiro atoms. The van der Waals surface area contributed by atoms with Crippen LogP contribution in [0.1, 0.15) is 40.0 Å². The van der Waals surface area contributed by atoms with Crippen LogP contribution in [0.15, 0.2) is 95.4 Å². The molecule has 0 saturated carbocycles. The van der Waals surface area contributed by atoms with Crippen molar-refractivity contribution >= 4 is 17.0 Å². The van der Waals surface area contributed by atoms with E-state index in [1.807, 2.05) is 0 Å². The lowest BCUT2D eigenvalue weighted by atomic mass is 9.70. The third-order valence-corrected chi connectivity index (χ3v) is 7.77. The molecule has 3 aliphatic rings. The predicted octanol–water partition coefficient (Wildman–Crippen LogP) is 7.74. The van der Waals surface area contributed by atoms with Crippen LogP contribution in [0.5, 0.6) is 0 Å². The fourth-order valence-corrected chi connectivity index (χ4v) is 6.61. The zero-order valence-corrected chi connectivity index (χ0v) is 17.6. The van der Waals surface area contributed by atoms with E-state index in [1.54, 1.807) is 0 Å². The Kier molecular flexibility index (Phi) is 2.99. The minimum atomic E-state index is -0.344. The van der Waals surface area contributed by atoms with Gasteiger partial charge in [-0.1, -0.05) is 91.0 Å². The van der Waals surface area contributed by atoms with Crippen LogP contribution in [-0.2, 0) is 11.8 Å². The lowest BCUT2D eigenvalue weighted by Crippen LogP contribution is -2.26. The minimum Gasteiger partial charge on any atom is -0.456 e. The molecule has 0 amide bonds. The molecular weight excluding hydrogens is 388 g/mol. The minimum absolute atomic E-state index is 0.344. The van der Waals surface area contributed by atoms with Gasteiger partial charge in [-0.3, -0.25) is 0 Å². The van der Waals surface area contributed by atoms with Gasteiger partial charge in [-0.2, -0.15) is 0 Å². The van der Waals surface area contributed by atoms with Crippen LogP contribution < -0.4 is 0 Å². The van der Waals surface area contributed by atoms with E-state index < -0.39 is 0 Å². The Hall–Kier alpha value is -3.84. The maximum absolute atomic E-state index is 6.69. The van der Waals surface area contributed by atoms with Gasteiger partial charge in [-0.25, -0.2) is 0 Å². The van der Waals surface area contributed by atoms with Crippen LogP contribution in [0.2, 0.25) is 0 Å². The molecule has 1 heterocycles. The molecule has 0 atom stereocenters. The molecule has 3 aliphatic carbocycles. The van der Waals surface area contributed by atoms with Crippen molar-refractivity contribution in [2.75, 3.05) is 0 Å².